The number of ether oxygens (including phenoxy) is 2. The molecule has 0 aliphatic carbocycles. The first-order valence-electron chi connectivity index (χ1n) is 6.14. The number of nitrogens with one attached hydrogen (secondary N) is 1. The zero-order chi connectivity index (χ0) is 13.5. The topological polar surface area (TPSA) is 30.5 Å². The highest BCUT2D eigenvalue weighted by atomic mass is 79.9. The quantitative estimate of drug-likeness (QED) is 0.836. The van der Waals surface area contributed by atoms with Gasteiger partial charge in [0.05, 0.1) is 11.6 Å². The molecule has 0 saturated heterocycles. The molecule has 0 aliphatic rings. The number of rotatable bonds is 7. The van der Waals surface area contributed by atoms with Crippen LogP contribution in [-0.2, 0) is 4.74 Å². The molecular formula is C14H22BrNO2. The third-order valence-corrected chi connectivity index (χ3v) is 3.52. The smallest absolute Gasteiger partial charge is 0.133 e. The molecule has 0 amide bonds. The molecule has 2 unspecified atom stereocenters. The van der Waals surface area contributed by atoms with Crippen molar-refractivity contribution in [2.45, 2.75) is 19.9 Å². The third-order valence-electron chi connectivity index (χ3n) is 2.90. The van der Waals surface area contributed by atoms with Gasteiger partial charge in [-0.2, -0.15) is 0 Å². The summed E-state index contributed by atoms with van der Waals surface area (Å²) in [6.45, 7) is 6.06. The van der Waals surface area contributed by atoms with E-state index in [1.165, 1.54) is 5.56 Å². The number of methoxy groups -OCH3 is 2. The Morgan fingerprint density at radius 2 is 2.00 bits per heavy atom. The summed E-state index contributed by atoms with van der Waals surface area (Å²) >= 11 is 3.51. The summed E-state index contributed by atoms with van der Waals surface area (Å²) in [5.41, 5.74) is 1.24. The second-order valence-electron chi connectivity index (χ2n) is 4.58. The highest BCUT2D eigenvalue weighted by molar-refractivity contribution is 9.10. The Morgan fingerprint density at radius 3 is 2.56 bits per heavy atom. The molecule has 0 aromatic heterocycles. The predicted molar refractivity (Wildman–Crippen MR) is 78.2 cm³/mol. The molecule has 1 aromatic rings. The van der Waals surface area contributed by atoms with Crippen LogP contribution in [0.2, 0.25) is 0 Å². The van der Waals surface area contributed by atoms with E-state index >= 15 is 0 Å². The van der Waals surface area contributed by atoms with Gasteiger partial charge in [-0.1, -0.05) is 13.0 Å². The number of hydrogen-bond donors (Lipinski definition) is 1. The highest BCUT2D eigenvalue weighted by Crippen LogP contribution is 2.27. The van der Waals surface area contributed by atoms with Crippen molar-refractivity contribution in [1.29, 1.82) is 0 Å². The van der Waals surface area contributed by atoms with Gasteiger partial charge in [0.2, 0.25) is 0 Å². The van der Waals surface area contributed by atoms with Crippen LogP contribution in [0.4, 0.5) is 0 Å². The van der Waals surface area contributed by atoms with Gasteiger partial charge in [-0.3, -0.25) is 0 Å². The first kappa shape index (κ1) is 15.5. The van der Waals surface area contributed by atoms with Crippen molar-refractivity contribution >= 4 is 15.9 Å². The first-order valence-corrected chi connectivity index (χ1v) is 6.93. The normalized spacial score (nSPS) is 14.3. The second-order valence-corrected chi connectivity index (χ2v) is 5.44. The summed E-state index contributed by atoms with van der Waals surface area (Å²) in [6, 6.07) is 6.47. The predicted octanol–water partition coefficient (Wildman–Crippen LogP) is 3.39. The number of halogens is 1. The molecule has 18 heavy (non-hydrogen) atoms. The van der Waals surface area contributed by atoms with Crippen LogP contribution in [0.1, 0.15) is 25.5 Å². The molecule has 3 nitrogen and oxygen atoms in total. The van der Waals surface area contributed by atoms with Crippen LogP contribution >= 0.6 is 15.9 Å². The summed E-state index contributed by atoms with van der Waals surface area (Å²) in [6.07, 6.45) is 0. The summed E-state index contributed by atoms with van der Waals surface area (Å²) in [7, 11) is 3.41. The van der Waals surface area contributed by atoms with E-state index in [9.17, 15) is 0 Å². The molecule has 102 valence electrons. The first-order chi connectivity index (χ1) is 8.58. The van der Waals surface area contributed by atoms with E-state index in [4.69, 9.17) is 9.47 Å². The molecule has 2 atom stereocenters. The van der Waals surface area contributed by atoms with Gasteiger partial charge in [-0.15, -0.1) is 0 Å². The minimum atomic E-state index is 0.312. The number of benzene rings is 1. The van der Waals surface area contributed by atoms with Crippen molar-refractivity contribution in [3.63, 3.8) is 0 Å². The maximum absolute atomic E-state index is 5.23. The Hall–Kier alpha value is -0.580. The molecule has 0 saturated carbocycles. The van der Waals surface area contributed by atoms with Crippen molar-refractivity contribution in [3.8, 4) is 5.75 Å². The average molecular weight is 316 g/mol. The van der Waals surface area contributed by atoms with Gasteiger partial charge >= 0.3 is 0 Å². The summed E-state index contributed by atoms with van der Waals surface area (Å²) in [5.74, 6) is 1.37. The lowest BCUT2D eigenvalue weighted by atomic mass is 10.1. The highest BCUT2D eigenvalue weighted by Gasteiger charge is 2.09. The van der Waals surface area contributed by atoms with Gasteiger partial charge in [0.25, 0.3) is 0 Å². The van der Waals surface area contributed by atoms with E-state index in [0.717, 1.165) is 23.4 Å². The van der Waals surface area contributed by atoms with E-state index < -0.39 is 0 Å². The van der Waals surface area contributed by atoms with Crippen molar-refractivity contribution in [2.24, 2.45) is 5.92 Å². The molecule has 0 aliphatic heterocycles. The van der Waals surface area contributed by atoms with Crippen LogP contribution in [0.15, 0.2) is 22.7 Å². The van der Waals surface area contributed by atoms with E-state index in [1.807, 2.05) is 6.07 Å². The Bertz CT molecular complexity index is 371. The molecular weight excluding hydrogens is 294 g/mol. The summed E-state index contributed by atoms with van der Waals surface area (Å²) in [5, 5.41) is 3.51. The van der Waals surface area contributed by atoms with Gasteiger partial charge in [0, 0.05) is 26.3 Å². The third kappa shape index (κ3) is 4.59. The van der Waals surface area contributed by atoms with Gasteiger partial charge in [0.1, 0.15) is 5.75 Å². The molecule has 1 N–H and O–H groups in total. The van der Waals surface area contributed by atoms with Crippen LogP contribution in [0.5, 0.6) is 5.75 Å². The Morgan fingerprint density at radius 1 is 1.28 bits per heavy atom. The fourth-order valence-corrected chi connectivity index (χ4v) is 2.35. The van der Waals surface area contributed by atoms with Gasteiger partial charge in [-0.25, -0.2) is 0 Å². The fourth-order valence-electron chi connectivity index (χ4n) is 1.79. The molecule has 0 fully saturated rings. The zero-order valence-electron chi connectivity index (χ0n) is 11.5. The van der Waals surface area contributed by atoms with Crippen molar-refractivity contribution in [1.82, 2.24) is 5.32 Å². The monoisotopic (exact) mass is 315 g/mol. The van der Waals surface area contributed by atoms with Crippen molar-refractivity contribution < 1.29 is 9.47 Å². The van der Waals surface area contributed by atoms with Gasteiger partial charge in [-0.05, 0) is 46.5 Å². The van der Waals surface area contributed by atoms with Crippen LogP contribution in [-0.4, -0.2) is 27.4 Å². The van der Waals surface area contributed by atoms with E-state index in [1.54, 1.807) is 14.2 Å². The molecule has 0 radical (unpaired) electrons. The molecule has 1 aromatic carbocycles. The molecule has 0 heterocycles. The second kappa shape index (κ2) is 7.77. The zero-order valence-corrected chi connectivity index (χ0v) is 13.1. The van der Waals surface area contributed by atoms with Gasteiger partial charge < -0.3 is 14.8 Å². The lowest BCUT2D eigenvalue weighted by Gasteiger charge is -2.18. The van der Waals surface area contributed by atoms with Crippen molar-refractivity contribution in [3.05, 3.63) is 28.2 Å². The molecule has 0 spiro atoms. The maximum atomic E-state index is 5.23. The van der Waals surface area contributed by atoms with Gasteiger partial charge in [0.15, 0.2) is 0 Å². The lowest BCUT2D eigenvalue weighted by Crippen LogP contribution is -2.26. The van der Waals surface area contributed by atoms with Crippen LogP contribution in [0.3, 0.4) is 0 Å². The van der Waals surface area contributed by atoms with Crippen LogP contribution in [0.25, 0.3) is 0 Å². The largest absolute Gasteiger partial charge is 0.496 e. The van der Waals surface area contributed by atoms with E-state index in [2.05, 4.69) is 47.2 Å². The summed E-state index contributed by atoms with van der Waals surface area (Å²) < 4.78 is 11.3. The molecule has 1 rings (SSSR count). The lowest BCUT2D eigenvalue weighted by molar-refractivity contribution is 0.157. The Balaban J connectivity index is 2.56. The minimum absolute atomic E-state index is 0.312. The number of hydrogen-bond acceptors (Lipinski definition) is 3. The van der Waals surface area contributed by atoms with Crippen LogP contribution < -0.4 is 10.1 Å². The average Bonchev–Trinajstić information content (AvgIpc) is 2.36. The van der Waals surface area contributed by atoms with E-state index in [0.29, 0.717) is 12.0 Å². The standard InChI is InChI=1S/C14H22BrNO2/c1-10(9-17-3)8-16-11(2)12-5-6-14(18-4)13(15)7-12/h5-7,10-11,16H,8-9H2,1-4H3. The Kier molecular flexibility index (Phi) is 6.68. The SMILES string of the molecule is COCC(C)CNC(C)c1ccc(OC)c(Br)c1. The van der Waals surface area contributed by atoms with Crippen LogP contribution in [0, 0.1) is 5.92 Å². The maximum Gasteiger partial charge on any atom is 0.133 e. The van der Waals surface area contributed by atoms with E-state index in [-0.39, 0.29) is 0 Å². The summed E-state index contributed by atoms with van der Waals surface area (Å²) in [4.78, 5) is 0. The fraction of sp³-hybridized carbons (Fsp3) is 0.571. The minimum Gasteiger partial charge on any atom is -0.496 e. The van der Waals surface area contributed by atoms with Crippen molar-refractivity contribution in [2.75, 3.05) is 27.4 Å². The molecule has 0 bridgehead atoms. The molecule has 4 heteroatoms. The Labute approximate surface area is 118 Å².